The van der Waals surface area contributed by atoms with Gasteiger partial charge in [-0.05, 0) is 18.4 Å². The highest BCUT2D eigenvalue weighted by Crippen LogP contribution is 2.31. The lowest BCUT2D eigenvalue weighted by molar-refractivity contribution is 0.0730. The van der Waals surface area contributed by atoms with Gasteiger partial charge in [0.05, 0.1) is 19.2 Å². The van der Waals surface area contributed by atoms with E-state index in [1.165, 1.54) is 11.8 Å². The van der Waals surface area contributed by atoms with E-state index in [0.717, 1.165) is 28.5 Å². The number of rotatable bonds is 4. The van der Waals surface area contributed by atoms with E-state index in [1.54, 1.807) is 13.2 Å². The molecule has 1 aliphatic rings. The van der Waals surface area contributed by atoms with E-state index in [2.05, 4.69) is 10.2 Å². The lowest BCUT2D eigenvalue weighted by atomic mass is 10.0. The lowest BCUT2D eigenvalue weighted by Crippen LogP contribution is -2.36. The number of hydrogen-bond donors (Lipinski definition) is 0. The minimum absolute atomic E-state index is 0.0410. The number of nitrogens with zero attached hydrogens (tertiary/aromatic N) is 6. The Morgan fingerprint density at radius 3 is 2.71 bits per heavy atom. The first-order valence-corrected chi connectivity index (χ1v) is 10.2. The first kappa shape index (κ1) is 18.5. The van der Waals surface area contributed by atoms with Crippen LogP contribution >= 0.6 is 11.8 Å². The number of methoxy groups -OCH3 is 1. The second-order valence-corrected chi connectivity index (χ2v) is 7.42. The molecule has 0 radical (unpaired) electrons. The van der Waals surface area contributed by atoms with Crippen LogP contribution in [-0.4, -0.2) is 55.3 Å². The molecule has 0 N–H and O–H groups in total. The fourth-order valence-corrected chi connectivity index (χ4v) is 4.12. The van der Waals surface area contributed by atoms with Crippen molar-refractivity contribution in [3.05, 3.63) is 41.1 Å². The quantitative estimate of drug-likeness (QED) is 0.627. The highest BCUT2D eigenvalue weighted by molar-refractivity contribution is 7.98. The van der Waals surface area contributed by atoms with Crippen LogP contribution in [0.25, 0.3) is 11.5 Å². The van der Waals surface area contributed by atoms with Crippen LogP contribution in [0.4, 0.5) is 0 Å². The molecular formula is C19H22N6O2S. The van der Waals surface area contributed by atoms with Crippen molar-refractivity contribution < 1.29 is 9.53 Å². The molecule has 1 aliphatic heterocycles. The Morgan fingerprint density at radius 1 is 1.21 bits per heavy atom. The highest BCUT2D eigenvalue weighted by atomic mass is 32.2. The highest BCUT2D eigenvalue weighted by Gasteiger charge is 2.30. The SMILES string of the molecule is COc1ccccc1C(=O)N1CCc2c(c(-c3nnc(SC)n3C)nn2C)C1. The summed E-state index contributed by atoms with van der Waals surface area (Å²) in [6.07, 6.45) is 2.71. The van der Waals surface area contributed by atoms with Gasteiger partial charge in [-0.2, -0.15) is 5.10 Å². The van der Waals surface area contributed by atoms with E-state index in [9.17, 15) is 4.79 Å². The third kappa shape index (κ3) is 2.95. The van der Waals surface area contributed by atoms with Crippen LogP contribution in [0.15, 0.2) is 29.4 Å². The Labute approximate surface area is 167 Å². The van der Waals surface area contributed by atoms with Crippen LogP contribution in [0.3, 0.4) is 0 Å². The zero-order chi connectivity index (χ0) is 19.8. The van der Waals surface area contributed by atoms with Crippen molar-refractivity contribution in [2.75, 3.05) is 19.9 Å². The zero-order valence-corrected chi connectivity index (χ0v) is 17.2. The van der Waals surface area contributed by atoms with Gasteiger partial charge in [-0.25, -0.2) is 0 Å². The molecule has 0 spiro atoms. The van der Waals surface area contributed by atoms with Crippen molar-refractivity contribution in [2.24, 2.45) is 14.1 Å². The fraction of sp³-hybridized carbons (Fsp3) is 0.368. The molecule has 0 unspecified atom stereocenters. The third-order valence-electron chi connectivity index (χ3n) is 5.10. The van der Waals surface area contributed by atoms with Crippen LogP contribution in [0.5, 0.6) is 5.75 Å². The summed E-state index contributed by atoms with van der Waals surface area (Å²) >= 11 is 1.54. The molecule has 0 aliphatic carbocycles. The monoisotopic (exact) mass is 398 g/mol. The Morgan fingerprint density at radius 2 is 2.00 bits per heavy atom. The van der Waals surface area contributed by atoms with Gasteiger partial charge in [0, 0.05) is 38.3 Å². The van der Waals surface area contributed by atoms with Gasteiger partial charge in [-0.3, -0.25) is 9.48 Å². The molecule has 3 aromatic rings. The summed E-state index contributed by atoms with van der Waals surface area (Å²) in [4.78, 5) is 15.0. The van der Waals surface area contributed by atoms with Gasteiger partial charge in [0.2, 0.25) is 0 Å². The summed E-state index contributed by atoms with van der Waals surface area (Å²) < 4.78 is 9.20. The number of para-hydroxylation sites is 1. The van der Waals surface area contributed by atoms with Crippen LogP contribution in [0, 0.1) is 0 Å². The summed E-state index contributed by atoms with van der Waals surface area (Å²) in [6, 6.07) is 7.32. The zero-order valence-electron chi connectivity index (χ0n) is 16.3. The number of amides is 1. The smallest absolute Gasteiger partial charge is 0.257 e. The molecule has 0 saturated heterocycles. The molecular weight excluding hydrogens is 376 g/mol. The second-order valence-electron chi connectivity index (χ2n) is 6.64. The largest absolute Gasteiger partial charge is 0.496 e. The topological polar surface area (TPSA) is 78.1 Å². The van der Waals surface area contributed by atoms with Crippen molar-refractivity contribution in [1.29, 1.82) is 0 Å². The van der Waals surface area contributed by atoms with Gasteiger partial charge in [0.25, 0.3) is 5.91 Å². The Balaban J connectivity index is 1.70. The average Bonchev–Trinajstić information content (AvgIpc) is 3.26. The van der Waals surface area contributed by atoms with Crippen molar-refractivity contribution in [3.8, 4) is 17.3 Å². The number of ether oxygens (including phenoxy) is 1. The number of carbonyl (C=O) groups excluding carboxylic acids is 1. The van der Waals surface area contributed by atoms with E-state index in [4.69, 9.17) is 9.84 Å². The fourth-order valence-electron chi connectivity index (χ4n) is 3.64. The number of hydrogen-bond acceptors (Lipinski definition) is 6. The van der Waals surface area contributed by atoms with Crippen molar-refractivity contribution in [3.63, 3.8) is 0 Å². The molecule has 8 nitrogen and oxygen atoms in total. The van der Waals surface area contributed by atoms with Gasteiger partial charge in [0.1, 0.15) is 11.4 Å². The van der Waals surface area contributed by atoms with Crippen LogP contribution in [0.2, 0.25) is 0 Å². The van der Waals surface area contributed by atoms with Crippen molar-refractivity contribution in [1.82, 2.24) is 29.4 Å². The van der Waals surface area contributed by atoms with E-state index >= 15 is 0 Å². The van der Waals surface area contributed by atoms with Crippen molar-refractivity contribution >= 4 is 17.7 Å². The van der Waals surface area contributed by atoms with Crippen LogP contribution in [0.1, 0.15) is 21.6 Å². The van der Waals surface area contributed by atoms with Gasteiger partial charge >= 0.3 is 0 Å². The van der Waals surface area contributed by atoms with E-state index in [-0.39, 0.29) is 5.91 Å². The number of fused-ring (bicyclic) bond motifs is 1. The second kappa shape index (κ2) is 7.31. The minimum atomic E-state index is -0.0410. The maximum Gasteiger partial charge on any atom is 0.257 e. The molecule has 2 aromatic heterocycles. The van der Waals surface area contributed by atoms with E-state index in [1.807, 2.05) is 52.7 Å². The molecule has 0 atom stereocenters. The molecule has 0 bridgehead atoms. The first-order chi connectivity index (χ1) is 13.5. The van der Waals surface area contributed by atoms with E-state index in [0.29, 0.717) is 30.2 Å². The maximum atomic E-state index is 13.1. The number of benzene rings is 1. The molecule has 28 heavy (non-hydrogen) atoms. The standard InChI is InChI=1S/C19H22N6O2S/c1-23-17(20-21-19(23)28-4)16-13-11-25(10-9-14(13)24(2)22-16)18(26)12-7-5-6-8-15(12)27-3/h5-8H,9-11H2,1-4H3. The lowest BCUT2D eigenvalue weighted by Gasteiger charge is -2.28. The van der Waals surface area contributed by atoms with Crippen molar-refractivity contribution in [2.45, 2.75) is 18.1 Å². The van der Waals surface area contributed by atoms with Gasteiger partial charge in [0.15, 0.2) is 11.0 Å². The van der Waals surface area contributed by atoms with Crippen LogP contribution in [-0.2, 0) is 27.1 Å². The number of aryl methyl sites for hydroxylation is 1. The predicted octanol–water partition coefficient (Wildman–Crippen LogP) is 2.14. The van der Waals surface area contributed by atoms with Gasteiger partial charge < -0.3 is 14.2 Å². The first-order valence-electron chi connectivity index (χ1n) is 8.96. The predicted molar refractivity (Wildman–Crippen MR) is 106 cm³/mol. The summed E-state index contributed by atoms with van der Waals surface area (Å²) in [5.74, 6) is 1.26. The Hall–Kier alpha value is -2.81. The summed E-state index contributed by atoms with van der Waals surface area (Å²) in [5.41, 5.74) is 3.51. The molecule has 3 heterocycles. The normalized spacial score (nSPS) is 13.5. The molecule has 0 saturated carbocycles. The summed E-state index contributed by atoms with van der Waals surface area (Å²) in [6.45, 7) is 1.12. The molecule has 9 heteroatoms. The Kier molecular flexibility index (Phi) is 4.84. The molecule has 1 amide bonds. The summed E-state index contributed by atoms with van der Waals surface area (Å²) in [5, 5.41) is 14.1. The third-order valence-corrected chi connectivity index (χ3v) is 5.82. The summed E-state index contributed by atoms with van der Waals surface area (Å²) in [7, 11) is 5.45. The number of carbonyl (C=O) groups is 1. The average molecular weight is 398 g/mol. The molecule has 4 rings (SSSR count). The Bertz CT molecular complexity index is 1040. The van der Waals surface area contributed by atoms with E-state index < -0.39 is 0 Å². The van der Waals surface area contributed by atoms with Gasteiger partial charge in [-0.15, -0.1) is 10.2 Å². The van der Waals surface area contributed by atoms with Gasteiger partial charge in [-0.1, -0.05) is 23.9 Å². The molecule has 0 fully saturated rings. The number of aromatic nitrogens is 5. The number of thioether (sulfide) groups is 1. The van der Waals surface area contributed by atoms with Crippen LogP contribution < -0.4 is 4.74 Å². The molecule has 146 valence electrons. The minimum Gasteiger partial charge on any atom is -0.496 e. The maximum absolute atomic E-state index is 13.1. The molecule has 1 aromatic carbocycles.